The Hall–Kier alpha value is 0.540. The predicted octanol–water partition coefficient (Wildman–Crippen LogP) is 4.76. The fraction of sp³-hybridized carbons (Fsp3) is 0. The van der Waals surface area contributed by atoms with Gasteiger partial charge in [0.25, 0.3) is 0 Å². The van der Waals surface area contributed by atoms with Crippen LogP contribution in [-0.4, -0.2) is 0 Å². The second-order valence-electron chi connectivity index (χ2n) is 2.14. The van der Waals surface area contributed by atoms with Gasteiger partial charge in [0.15, 0.2) is 0 Å². The highest BCUT2D eigenvalue weighted by molar-refractivity contribution is 7.81. The summed E-state index contributed by atoms with van der Waals surface area (Å²) in [5.74, 6) is 0. The minimum Gasteiger partial charge on any atom is -0.0768 e. The van der Waals surface area contributed by atoms with E-state index in [2.05, 4.69) is 0 Å². The van der Waals surface area contributed by atoms with Crippen LogP contribution in [-0.2, 0) is 0 Å². The van der Waals surface area contributed by atoms with Crippen molar-refractivity contribution in [3.8, 4) is 0 Å². The maximum Gasteiger partial charge on any atom is 0.0768 e. The van der Waals surface area contributed by atoms with Crippen molar-refractivity contribution >= 4 is 79.0 Å². The molecule has 1 aromatic heterocycles. The first-order chi connectivity index (χ1) is 5.63. The van der Waals surface area contributed by atoms with Crippen LogP contribution in [0.5, 0.6) is 0 Å². The number of hydrogen-bond acceptors (Lipinski definition) is 6. The van der Waals surface area contributed by atoms with Crippen LogP contribution < -0.4 is 0 Å². The van der Waals surface area contributed by atoms with E-state index in [9.17, 15) is 0 Å². The Morgan fingerprint density at radius 3 is 1.17 bits per heavy atom. The topological polar surface area (TPSA) is 0 Å². The van der Waals surface area contributed by atoms with Crippen molar-refractivity contribution in [3.63, 3.8) is 0 Å². The lowest BCUT2D eigenvalue weighted by molar-refractivity contribution is 1.71. The molecule has 0 amide bonds. The molecule has 6 heteroatoms. The number of benzene rings is 1. The first-order valence-electron chi connectivity index (χ1n) is 2.89. The average molecular weight is 264 g/mol. The van der Waals surface area contributed by atoms with Crippen molar-refractivity contribution in [2.24, 2.45) is 0 Å². The molecule has 0 aliphatic heterocycles. The summed E-state index contributed by atoms with van der Waals surface area (Å²) < 4.78 is 4.69. The van der Waals surface area contributed by atoms with Crippen LogP contribution >= 0.6 is 69.6 Å². The fourth-order valence-corrected chi connectivity index (χ4v) is 4.65. The molecule has 0 unspecified atom stereocenters. The van der Waals surface area contributed by atoms with E-state index in [0.29, 0.717) is 18.0 Å². The first-order valence-corrected chi connectivity index (χ1v) is 6.67. The molecule has 60 valence electrons. The minimum absolute atomic E-state index is 0.580. The highest BCUT2D eigenvalue weighted by atomic mass is 32.9. The van der Waals surface area contributed by atoms with E-state index < -0.39 is 0 Å². The van der Waals surface area contributed by atoms with E-state index in [4.69, 9.17) is 48.9 Å². The Bertz CT molecular complexity index is 575. The SMILES string of the molecule is S=c1c(=S)c(=S)c2ssc2c1=S. The first kappa shape index (κ1) is 9.11. The molecule has 0 nitrogen and oxygen atoms in total. The summed E-state index contributed by atoms with van der Waals surface area (Å²) in [5.41, 5.74) is 0. The zero-order chi connectivity index (χ0) is 8.88. The molecule has 0 spiro atoms. The van der Waals surface area contributed by atoms with Crippen LogP contribution in [0.1, 0.15) is 0 Å². The molecule has 1 heterocycles. The van der Waals surface area contributed by atoms with E-state index in [0.717, 1.165) is 9.40 Å². The second kappa shape index (κ2) is 3.04. The minimum atomic E-state index is 0.580. The largest absolute Gasteiger partial charge is 0.0768 e. The van der Waals surface area contributed by atoms with Crippen LogP contribution in [0.25, 0.3) is 9.40 Å². The van der Waals surface area contributed by atoms with Gasteiger partial charge in [-0.1, -0.05) is 69.6 Å². The summed E-state index contributed by atoms with van der Waals surface area (Å²) in [5, 5.41) is 0. The van der Waals surface area contributed by atoms with Gasteiger partial charge in [0.2, 0.25) is 0 Å². The molecule has 2 aromatic rings. The predicted molar refractivity (Wildman–Crippen MR) is 65.4 cm³/mol. The summed E-state index contributed by atoms with van der Waals surface area (Å²) in [4.78, 5) is 0. The Balaban J connectivity index is 3.37. The molecule has 12 heavy (non-hydrogen) atoms. The van der Waals surface area contributed by atoms with E-state index >= 15 is 0 Å². The quantitative estimate of drug-likeness (QED) is 0.497. The van der Waals surface area contributed by atoms with Crippen molar-refractivity contribution in [3.05, 3.63) is 18.0 Å². The van der Waals surface area contributed by atoms with Gasteiger partial charge in [0, 0.05) is 0 Å². The molecular formula is C6S6. The van der Waals surface area contributed by atoms with Crippen molar-refractivity contribution in [1.82, 2.24) is 0 Å². The Morgan fingerprint density at radius 1 is 0.583 bits per heavy atom. The van der Waals surface area contributed by atoms with Crippen molar-refractivity contribution < 1.29 is 0 Å². The number of rotatable bonds is 0. The van der Waals surface area contributed by atoms with Crippen LogP contribution in [0.3, 0.4) is 0 Å². The van der Waals surface area contributed by atoms with Gasteiger partial charge in [0.1, 0.15) is 0 Å². The normalized spacial score (nSPS) is 11.0. The highest BCUT2D eigenvalue weighted by Crippen LogP contribution is 2.34. The molecule has 0 N–H and O–H groups in total. The van der Waals surface area contributed by atoms with E-state index in [1.165, 1.54) is 0 Å². The van der Waals surface area contributed by atoms with Gasteiger partial charge < -0.3 is 0 Å². The molecule has 2 rings (SSSR count). The third-order valence-corrected chi connectivity index (χ3v) is 6.34. The third-order valence-electron chi connectivity index (χ3n) is 1.45. The lowest BCUT2D eigenvalue weighted by Crippen LogP contribution is -1.76. The third kappa shape index (κ3) is 1.10. The van der Waals surface area contributed by atoms with Gasteiger partial charge in [-0.15, -0.1) is 0 Å². The summed E-state index contributed by atoms with van der Waals surface area (Å²) in [6.45, 7) is 0. The van der Waals surface area contributed by atoms with Crippen LogP contribution in [0, 0.1) is 18.0 Å². The van der Waals surface area contributed by atoms with E-state index in [-0.39, 0.29) is 0 Å². The molecule has 0 fully saturated rings. The molecule has 0 saturated carbocycles. The fourth-order valence-electron chi connectivity index (χ4n) is 0.819. The van der Waals surface area contributed by atoms with Gasteiger partial charge >= 0.3 is 0 Å². The van der Waals surface area contributed by atoms with Gasteiger partial charge in [-0.05, 0) is 0 Å². The van der Waals surface area contributed by atoms with Crippen molar-refractivity contribution in [2.75, 3.05) is 0 Å². The number of hydrogen-bond donors (Lipinski definition) is 0. The molecule has 0 radical (unpaired) electrons. The zero-order valence-electron chi connectivity index (χ0n) is 5.45. The summed E-state index contributed by atoms with van der Waals surface area (Å²) >= 11 is 20.4. The standard InChI is InChI=1S/C6S6/c7-1-2(8)4(10)6-5(3(1)9)11-12-6. The van der Waals surface area contributed by atoms with Crippen LogP contribution in [0.4, 0.5) is 0 Å². The molecule has 0 aliphatic carbocycles. The second-order valence-corrected chi connectivity index (χ2v) is 5.92. The van der Waals surface area contributed by atoms with Gasteiger partial charge in [-0.3, -0.25) is 0 Å². The van der Waals surface area contributed by atoms with Crippen LogP contribution in [0.2, 0.25) is 0 Å². The smallest absolute Gasteiger partial charge is 0.0768 e. The maximum atomic E-state index is 5.13. The Labute approximate surface area is 96.2 Å². The van der Waals surface area contributed by atoms with Gasteiger partial charge in [0.05, 0.1) is 27.4 Å². The van der Waals surface area contributed by atoms with Gasteiger partial charge in [-0.2, -0.15) is 0 Å². The molecule has 1 aromatic carbocycles. The monoisotopic (exact) mass is 264 g/mol. The zero-order valence-corrected chi connectivity index (χ0v) is 10.3. The average Bonchev–Trinajstić information content (AvgIpc) is 1.97. The molecule has 0 saturated heterocycles. The maximum absolute atomic E-state index is 5.13. The summed E-state index contributed by atoms with van der Waals surface area (Å²) in [6, 6.07) is 0. The van der Waals surface area contributed by atoms with Crippen LogP contribution in [0.15, 0.2) is 0 Å². The molecule has 0 aliphatic rings. The summed E-state index contributed by atoms with van der Waals surface area (Å²) in [6.07, 6.45) is 0. The van der Waals surface area contributed by atoms with Gasteiger partial charge in [-0.25, -0.2) is 0 Å². The molecular weight excluding hydrogens is 264 g/mol. The van der Waals surface area contributed by atoms with E-state index in [1.807, 2.05) is 0 Å². The Kier molecular flexibility index (Phi) is 2.31. The van der Waals surface area contributed by atoms with Crippen molar-refractivity contribution in [2.45, 2.75) is 0 Å². The molecule has 0 bridgehead atoms. The van der Waals surface area contributed by atoms with E-state index in [1.54, 1.807) is 20.7 Å². The lowest BCUT2D eigenvalue weighted by Gasteiger charge is -1.97. The molecule has 0 atom stereocenters. The highest BCUT2D eigenvalue weighted by Gasteiger charge is 2.06. The summed E-state index contributed by atoms with van der Waals surface area (Å²) in [7, 11) is 3.25. The Morgan fingerprint density at radius 2 is 0.917 bits per heavy atom. The lowest BCUT2D eigenvalue weighted by atomic mass is 10.4. The van der Waals surface area contributed by atoms with Crippen molar-refractivity contribution in [1.29, 1.82) is 0 Å². The number of fused-ring (bicyclic) bond motifs is 1.